The molecule has 46 heavy (non-hydrogen) atoms. The van der Waals surface area contributed by atoms with Crippen molar-refractivity contribution in [3.8, 4) is 6.07 Å². The molecule has 17 N–H and O–H groups in total. The van der Waals surface area contributed by atoms with Crippen LogP contribution in [0.1, 0.15) is 25.3 Å². The van der Waals surface area contributed by atoms with Crippen molar-refractivity contribution in [2.24, 2.45) is 28.7 Å². The fourth-order valence-corrected chi connectivity index (χ4v) is 2.12. The highest BCUT2D eigenvalue weighted by molar-refractivity contribution is 5.85. The number of nitrogens with zero attached hydrogens (tertiary/aromatic N) is 1. The topological polar surface area (TPSA) is 382 Å². The monoisotopic (exact) mass is 685 g/mol. The third-order valence-electron chi connectivity index (χ3n) is 4.63. The summed E-state index contributed by atoms with van der Waals surface area (Å²) in [5.74, 6) is -5.60. The molecule has 0 aromatic heterocycles. The first-order valence-electron chi connectivity index (χ1n) is 12.9. The predicted octanol–water partition coefficient (Wildman–Crippen LogP) is -2.79. The van der Waals surface area contributed by atoms with E-state index < -0.39 is 59.9 Å². The van der Waals surface area contributed by atoms with Gasteiger partial charge in [0.2, 0.25) is 0 Å². The maximum absolute atomic E-state index is 10.2. The lowest BCUT2D eigenvalue weighted by Crippen LogP contribution is -2.46. The van der Waals surface area contributed by atoms with E-state index in [1.54, 1.807) is 7.05 Å². The Morgan fingerprint density at radius 3 is 1.59 bits per heavy atom. The Morgan fingerprint density at radius 2 is 1.37 bits per heavy atom. The minimum absolute atomic E-state index is 0. The Morgan fingerprint density at radius 1 is 0.913 bits per heavy atom. The summed E-state index contributed by atoms with van der Waals surface area (Å²) >= 11 is 0. The zero-order valence-electron chi connectivity index (χ0n) is 25.8. The first-order chi connectivity index (χ1) is 20.7. The number of nitriles is 1. The van der Waals surface area contributed by atoms with E-state index in [1.807, 2.05) is 36.4 Å². The van der Waals surface area contributed by atoms with E-state index in [0.717, 1.165) is 12.5 Å². The number of hydrogen-bond donors (Lipinski definition) is 12. The van der Waals surface area contributed by atoms with Crippen LogP contribution in [0.2, 0.25) is 0 Å². The van der Waals surface area contributed by atoms with E-state index in [0.29, 0.717) is 13.0 Å². The Hall–Kier alpha value is -3.97. The molecule has 0 saturated carbocycles. The average molecular weight is 686 g/mol. The second-order valence-corrected chi connectivity index (χ2v) is 9.08. The number of carbonyl (C=O) groups is 5. The second kappa shape index (κ2) is 31.0. The summed E-state index contributed by atoms with van der Waals surface area (Å²) in [4.78, 5) is 49.8. The van der Waals surface area contributed by atoms with Crippen LogP contribution in [-0.4, -0.2) is 124 Å². The number of aliphatic carboxylic acids is 5. The molecule has 0 heterocycles. The van der Waals surface area contributed by atoms with Crippen molar-refractivity contribution in [2.45, 2.75) is 55.9 Å². The third kappa shape index (κ3) is 34.5. The van der Waals surface area contributed by atoms with Gasteiger partial charge >= 0.3 is 29.8 Å². The van der Waals surface area contributed by atoms with Crippen molar-refractivity contribution in [1.29, 1.82) is 5.26 Å². The van der Waals surface area contributed by atoms with E-state index in [4.69, 9.17) is 64.6 Å². The van der Waals surface area contributed by atoms with Gasteiger partial charge in [0.15, 0.2) is 0 Å². The van der Waals surface area contributed by atoms with E-state index in [2.05, 4.69) is 10.1 Å². The summed E-state index contributed by atoms with van der Waals surface area (Å²) in [7, 11) is 3.06. The normalized spacial score (nSPS) is 13.2. The molecule has 1 aromatic carbocycles. The number of likely N-dealkylation sites (N-methyl/N-ethyl adjacent to an activating group) is 1. The van der Waals surface area contributed by atoms with Crippen LogP contribution in [0, 0.1) is 11.3 Å². The van der Waals surface area contributed by atoms with Crippen LogP contribution in [-0.2, 0) is 35.1 Å². The Kier molecular flexibility index (Phi) is 34.8. The lowest BCUT2D eigenvalue weighted by molar-refractivity contribution is -0.149. The fourth-order valence-electron chi connectivity index (χ4n) is 2.12. The smallest absolute Gasteiger partial charge is 0.323 e. The summed E-state index contributed by atoms with van der Waals surface area (Å²) in [5.41, 5.74) is 25.0. The molecule has 0 amide bonds. The predicted molar refractivity (Wildman–Crippen MR) is 168 cm³/mol. The molecule has 0 radical (unpaired) electrons. The van der Waals surface area contributed by atoms with Crippen molar-refractivity contribution < 1.29 is 59.3 Å². The number of ether oxygens (including phenoxy) is 1. The van der Waals surface area contributed by atoms with Gasteiger partial charge < -0.3 is 69.4 Å². The summed E-state index contributed by atoms with van der Waals surface area (Å²) in [6, 6.07) is 8.80. The number of aliphatic hydroxyl groups is 1. The number of halogens is 1. The van der Waals surface area contributed by atoms with Crippen LogP contribution in [0.3, 0.4) is 0 Å². The first kappa shape index (κ1) is 51.6. The summed E-state index contributed by atoms with van der Waals surface area (Å²) in [5, 5.41) is 60.0. The maximum Gasteiger partial charge on any atom is 0.323 e. The molecule has 3 unspecified atom stereocenters. The number of benzene rings is 1. The molecule has 19 nitrogen and oxygen atoms in total. The van der Waals surface area contributed by atoms with Gasteiger partial charge in [-0.15, -0.1) is 12.4 Å². The highest BCUT2D eigenvalue weighted by Gasteiger charge is 2.30. The van der Waals surface area contributed by atoms with E-state index >= 15 is 0 Å². The van der Waals surface area contributed by atoms with Gasteiger partial charge in [-0.3, -0.25) is 24.0 Å². The molecule has 1 aromatic rings. The molecule has 0 bridgehead atoms. The molecular weight excluding hydrogens is 638 g/mol. The van der Waals surface area contributed by atoms with Crippen LogP contribution < -0.4 is 34.0 Å². The van der Waals surface area contributed by atoms with Gasteiger partial charge in [-0.05, 0) is 26.0 Å². The zero-order chi connectivity index (χ0) is 36.2. The highest BCUT2D eigenvalue weighted by atomic mass is 35.5. The molecule has 266 valence electrons. The minimum Gasteiger partial charge on any atom is -0.481 e. The van der Waals surface area contributed by atoms with Crippen LogP contribution in [0.5, 0.6) is 0 Å². The van der Waals surface area contributed by atoms with Gasteiger partial charge in [0.1, 0.15) is 23.7 Å². The van der Waals surface area contributed by atoms with Crippen LogP contribution in [0.4, 0.5) is 0 Å². The van der Waals surface area contributed by atoms with Crippen molar-refractivity contribution >= 4 is 42.3 Å². The third-order valence-corrected chi connectivity index (χ3v) is 4.63. The molecule has 0 aliphatic heterocycles. The number of hydrogen-bond acceptors (Lipinski definition) is 14. The van der Waals surface area contributed by atoms with Gasteiger partial charge in [-0.1, -0.05) is 30.3 Å². The molecule has 5 atom stereocenters. The standard InChI is InChI=1S/C9H10N2.C5H9NO4.C4H10N2O2.2C4H9NO3.ClH/c10-7-9(11)6-8-4-2-1-3-5-8;1-5(6,4(9)10)2-3(7)8;1-6-2-3(5)4(7)8;1-8-2-3(5)4(6)7;5-3(1-2-6)4(7)8;/h1-5,9H,6,11H2;2,6H2,1H3,(H,7,8)(H,9,10);3,6H,2,5H2,1H3,(H,7,8);3H,2,5H2,1H3,(H,6,7);3,6H,1-2,5H2,(H,7,8);1H/t;5-;;3-;;/m.1.0../s1. The molecule has 20 heteroatoms. The second-order valence-electron chi connectivity index (χ2n) is 9.08. The first-order valence-corrected chi connectivity index (χ1v) is 12.9. The van der Waals surface area contributed by atoms with Crippen molar-refractivity contribution in [3.63, 3.8) is 0 Å². The van der Waals surface area contributed by atoms with Crippen molar-refractivity contribution in [3.05, 3.63) is 35.9 Å². The van der Waals surface area contributed by atoms with Gasteiger partial charge in [0.25, 0.3) is 0 Å². The van der Waals surface area contributed by atoms with Crippen LogP contribution in [0.15, 0.2) is 30.3 Å². The van der Waals surface area contributed by atoms with Crippen LogP contribution >= 0.6 is 12.4 Å². The average Bonchev–Trinajstić information content (AvgIpc) is 2.94. The highest BCUT2D eigenvalue weighted by Crippen LogP contribution is 2.04. The largest absolute Gasteiger partial charge is 0.481 e. The van der Waals surface area contributed by atoms with Crippen molar-refractivity contribution in [2.75, 3.05) is 33.9 Å². The number of carboxylic acids is 5. The van der Waals surface area contributed by atoms with E-state index in [1.165, 1.54) is 7.11 Å². The number of rotatable bonds is 14. The molecule has 0 fully saturated rings. The van der Waals surface area contributed by atoms with Crippen LogP contribution in [0.25, 0.3) is 0 Å². The maximum atomic E-state index is 10.2. The number of nitrogens with one attached hydrogen (secondary N) is 1. The Balaban J connectivity index is -0.000000153. The van der Waals surface area contributed by atoms with E-state index in [-0.39, 0.29) is 38.1 Å². The summed E-state index contributed by atoms with van der Waals surface area (Å²) < 4.78 is 4.46. The van der Waals surface area contributed by atoms with Crippen molar-refractivity contribution in [1.82, 2.24) is 5.32 Å². The van der Waals surface area contributed by atoms with E-state index in [9.17, 15) is 24.0 Å². The molecular formula is C26H48ClN7O12. The SMILES string of the molecule is CNCC(N)C(=O)O.COC[C@H](N)C(=O)O.C[C@@](N)(CC(=O)O)C(=O)O.Cl.N#CC(N)Cc1ccccc1.NC(CCO)C(=O)O. The molecule has 1 rings (SSSR count). The molecule has 0 aliphatic carbocycles. The number of methoxy groups -OCH3 is 1. The van der Waals surface area contributed by atoms with Gasteiger partial charge in [-0.2, -0.15) is 5.26 Å². The number of carboxylic acid groups (broad SMARTS) is 5. The van der Waals surface area contributed by atoms with Gasteiger partial charge in [0.05, 0.1) is 25.1 Å². The molecule has 0 aliphatic rings. The quantitative estimate of drug-likeness (QED) is 0.0940. The number of aliphatic hydroxyl groups excluding tert-OH is 1. The minimum atomic E-state index is -1.66. The number of nitrogens with two attached hydrogens (primary N) is 5. The Bertz CT molecular complexity index is 978. The fraction of sp³-hybridized carbons (Fsp3) is 0.538. The Labute approximate surface area is 272 Å². The van der Waals surface area contributed by atoms with Gasteiger partial charge in [-0.25, -0.2) is 0 Å². The molecule has 0 saturated heterocycles. The lowest BCUT2D eigenvalue weighted by Gasteiger charge is -2.15. The molecule has 0 spiro atoms. The zero-order valence-corrected chi connectivity index (χ0v) is 26.6. The van der Waals surface area contributed by atoms with Gasteiger partial charge in [0, 0.05) is 26.7 Å². The lowest BCUT2D eigenvalue weighted by atomic mass is 10.0. The summed E-state index contributed by atoms with van der Waals surface area (Å²) in [6.45, 7) is 1.36. The summed E-state index contributed by atoms with van der Waals surface area (Å²) in [6.07, 6.45) is 0.189.